The van der Waals surface area contributed by atoms with E-state index in [9.17, 15) is 22.4 Å². The van der Waals surface area contributed by atoms with Gasteiger partial charge in [0.2, 0.25) is 17.6 Å². The van der Waals surface area contributed by atoms with Gasteiger partial charge in [0.05, 0.1) is 11.5 Å². The Kier molecular flexibility index (Phi) is 4.60. The minimum atomic E-state index is -4.48. The van der Waals surface area contributed by atoms with Crippen LogP contribution < -0.4 is 4.90 Å². The van der Waals surface area contributed by atoms with Crippen LogP contribution in [0.1, 0.15) is 29.4 Å². The molecule has 29 heavy (non-hydrogen) atoms. The Bertz CT molecular complexity index is 1080. The highest BCUT2D eigenvalue weighted by molar-refractivity contribution is 5.96. The average molecular weight is 405 g/mol. The van der Waals surface area contributed by atoms with Gasteiger partial charge in [0.1, 0.15) is 5.82 Å². The molecule has 1 aliphatic heterocycles. The fourth-order valence-corrected chi connectivity index (χ4v) is 3.23. The predicted octanol–water partition coefficient (Wildman–Crippen LogP) is 4.72. The average Bonchev–Trinajstić information content (AvgIpc) is 3.30. The van der Waals surface area contributed by atoms with Crippen molar-refractivity contribution in [3.8, 4) is 11.4 Å². The number of rotatable bonds is 3. The zero-order valence-corrected chi connectivity index (χ0v) is 15.2. The predicted molar refractivity (Wildman–Crippen MR) is 95.6 cm³/mol. The van der Waals surface area contributed by atoms with Crippen molar-refractivity contribution < 1.29 is 26.9 Å². The van der Waals surface area contributed by atoms with Crippen LogP contribution in [0.5, 0.6) is 0 Å². The van der Waals surface area contributed by atoms with Gasteiger partial charge in [-0.05, 0) is 36.8 Å². The van der Waals surface area contributed by atoms with Crippen LogP contribution >= 0.6 is 0 Å². The standard InChI is InChI=1S/C20H15F4N3O2/c1-11-5-6-15(9-16(11)21)27-10-13(8-17(27)28)19-25-18(26-29-19)12-3-2-4-14(7-12)20(22,23)24/h2-7,9,13H,8,10H2,1H3/t13-/m0/s1. The Morgan fingerprint density at radius 3 is 2.69 bits per heavy atom. The summed E-state index contributed by atoms with van der Waals surface area (Å²) in [5.41, 5.74) is 0.249. The minimum Gasteiger partial charge on any atom is -0.339 e. The quantitative estimate of drug-likeness (QED) is 0.592. The fraction of sp³-hybridized carbons (Fsp3) is 0.250. The van der Waals surface area contributed by atoms with E-state index in [4.69, 9.17) is 4.52 Å². The molecule has 0 spiro atoms. The summed E-state index contributed by atoms with van der Waals surface area (Å²) in [6.07, 6.45) is -4.40. The third-order valence-electron chi connectivity index (χ3n) is 4.83. The first kappa shape index (κ1) is 19.1. The number of benzene rings is 2. The summed E-state index contributed by atoms with van der Waals surface area (Å²) in [6.45, 7) is 1.84. The summed E-state index contributed by atoms with van der Waals surface area (Å²) in [4.78, 5) is 18.0. The molecule has 0 aliphatic carbocycles. The van der Waals surface area contributed by atoms with Crippen molar-refractivity contribution in [3.63, 3.8) is 0 Å². The molecule has 9 heteroatoms. The molecule has 0 bridgehead atoms. The van der Waals surface area contributed by atoms with Crippen molar-refractivity contribution in [1.82, 2.24) is 10.1 Å². The van der Waals surface area contributed by atoms with Crippen LogP contribution in [0.25, 0.3) is 11.4 Å². The second-order valence-corrected chi connectivity index (χ2v) is 6.87. The SMILES string of the molecule is Cc1ccc(N2C[C@@H](c3nc(-c4cccc(C(F)(F)F)c4)no3)CC2=O)cc1F. The molecule has 5 nitrogen and oxygen atoms in total. The molecule has 2 heterocycles. The first-order valence-corrected chi connectivity index (χ1v) is 8.80. The van der Waals surface area contributed by atoms with Gasteiger partial charge >= 0.3 is 6.18 Å². The third-order valence-corrected chi connectivity index (χ3v) is 4.83. The molecule has 1 aromatic heterocycles. The molecule has 0 radical (unpaired) electrons. The van der Waals surface area contributed by atoms with Gasteiger partial charge in [-0.25, -0.2) is 4.39 Å². The molecule has 0 saturated carbocycles. The van der Waals surface area contributed by atoms with Crippen LogP contribution in [-0.4, -0.2) is 22.6 Å². The van der Waals surface area contributed by atoms with Gasteiger partial charge in [-0.1, -0.05) is 23.4 Å². The third kappa shape index (κ3) is 3.72. The summed E-state index contributed by atoms with van der Waals surface area (Å²) in [6, 6.07) is 9.14. The van der Waals surface area contributed by atoms with E-state index in [0.717, 1.165) is 12.1 Å². The van der Waals surface area contributed by atoms with E-state index in [1.165, 1.54) is 23.1 Å². The molecule has 0 unspecified atom stereocenters. The van der Waals surface area contributed by atoms with Gasteiger partial charge in [0.15, 0.2) is 0 Å². The van der Waals surface area contributed by atoms with Crippen LogP contribution in [-0.2, 0) is 11.0 Å². The van der Waals surface area contributed by atoms with E-state index < -0.39 is 23.5 Å². The molecular weight excluding hydrogens is 390 g/mol. The number of amides is 1. The van der Waals surface area contributed by atoms with Crippen molar-refractivity contribution in [3.05, 3.63) is 65.3 Å². The maximum Gasteiger partial charge on any atom is 0.416 e. The van der Waals surface area contributed by atoms with Crippen LogP contribution in [0.3, 0.4) is 0 Å². The van der Waals surface area contributed by atoms with Crippen molar-refractivity contribution in [2.45, 2.75) is 25.4 Å². The summed E-state index contributed by atoms with van der Waals surface area (Å²) in [5.74, 6) is -0.904. The highest BCUT2D eigenvalue weighted by atomic mass is 19.4. The first-order chi connectivity index (χ1) is 13.7. The molecule has 1 fully saturated rings. The number of aromatic nitrogens is 2. The Balaban J connectivity index is 1.56. The largest absolute Gasteiger partial charge is 0.416 e. The summed E-state index contributed by atoms with van der Waals surface area (Å²) in [7, 11) is 0. The summed E-state index contributed by atoms with van der Waals surface area (Å²) < 4.78 is 57.7. The lowest BCUT2D eigenvalue weighted by Gasteiger charge is -2.16. The molecule has 1 aliphatic rings. The van der Waals surface area contributed by atoms with E-state index in [-0.39, 0.29) is 36.2 Å². The number of nitrogens with zero attached hydrogens (tertiary/aromatic N) is 3. The Hall–Kier alpha value is -3.23. The highest BCUT2D eigenvalue weighted by Gasteiger charge is 2.36. The van der Waals surface area contributed by atoms with E-state index in [2.05, 4.69) is 10.1 Å². The zero-order chi connectivity index (χ0) is 20.8. The van der Waals surface area contributed by atoms with Crippen molar-refractivity contribution >= 4 is 11.6 Å². The number of carbonyl (C=O) groups is 1. The fourth-order valence-electron chi connectivity index (χ4n) is 3.23. The van der Waals surface area contributed by atoms with Crippen molar-refractivity contribution in [2.75, 3.05) is 11.4 Å². The summed E-state index contributed by atoms with van der Waals surface area (Å²) in [5, 5.41) is 3.76. The first-order valence-electron chi connectivity index (χ1n) is 8.80. The zero-order valence-electron chi connectivity index (χ0n) is 15.2. The molecule has 1 saturated heterocycles. The van der Waals surface area contributed by atoms with Gasteiger partial charge in [-0.3, -0.25) is 4.79 Å². The Morgan fingerprint density at radius 2 is 1.97 bits per heavy atom. The lowest BCUT2D eigenvalue weighted by atomic mass is 10.1. The lowest BCUT2D eigenvalue weighted by molar-refractivity contribution is -0.137. The maximum atomic E-state index is 13.8. The van der Waals surface area contributed by atoms with Gasteiger partial charge in [0, 0.05) is 24.2 Å². The smallest absolute Gasteiger partial charge is 0.339 e. The highest BCUT2D eigenvalue weighted by Crippen LogP contribution is 2.34. The number of anilines is 1. The number of aryl methyl sites for hydroxylation is 1. The number of halogens is 4. The molecule has 1 amide bonds. The Labute approximate surface area is 162 Å². The van der Waals surface area contributed by atoms with E-state index in [0.29, 0.717) is 11.3 Å². The van der Waals surface area contributed by atoms with E-state index in [1.807, 2.05) is 0 Å². The van der Waals surface area contributed by atoms with Gasteiger partial charge in [-0.15, -0.1) is 0 Å². The van der Waals surface area contributed by atoms with Crippen LogP contribution in [0, 0.1) is 12.7 Å². The summed E-state index contributed by atoms with van der Waals surface area (Å²) >= 11 is 0. The minimum absolute atomic E-state index is 0.0124. The second-order valence-electron chi connectivity index (χ2n) is 6.87. The molecule has 3 aromatic rings. The van der Waals surface area contributed by atoms with E-state index >= 15 is 0 Å². The number of hydrogen-bond donors (Lipinski definition) is 0. The molecule has 2 aromatic carbocycles. The number of carbonyl (C=O) groups excluding carboxylic acids is 1. The van der Waals surface area contributed by atoms with Crippen LogP contribution in [0.2, 0.25) is 0 Å². The number of alkyl halides is 3. The van der Waals surface area contributed by atoms with Gasteiger partial charge in [-0.2, -0.15) is 18.2 Å². The van der Waals surface area contributed by atoms with Crippen LogP contribution in [0.15, 0.2) is 47.0 Å². The number of hydrogen-bond acceptors (Lipinski definition) is 4. The van der Waals surface area contributed by atoms with Crippen molar-refractivity contribution in [2.24, 2.45) is 0 Å². The van der Waals surface area contributed by atoms with E-state index in [1.54, 1.807) is 19.1 Å². The topological polar surface area (TPSA) is 59.2 Å². The molecule has 4 rings (SSSR count). The normalized spacial score (nSPS) is 17.2. The van der Waals surface area contributed by atoms with Gasteiger partial charge < -0.3 is 9.42 Å². The Morgan fingerprint density at radius 1 is 1.17 bits per heavy atom. The van der Waals surface area contributed by atoms with Gasteiger partial charge in [0.25, 0.3) is 0 Å². The maximum absolute atomic E-state index is 13.8. The lowest BCUT2D eigenvalue weighted by Crippen LogP contribution is -2.24. The molecule has 1 atom stereocenters. The van der Waals surface area contributed by atoms with Crippen molar-refractivity contribution in [1.29, 1.82) is 0 Å². The monoisotopic (exact) mass is 405 g/mol. The molecule has 0 N–H and O–H groups in total. The van der Waals surface area contributed by atoms with Crippen LogP contribution in [0.4, 0.5) is 23.2 Å². The molecule has 150 valence electrons. The second kappa shape index (κ2) is 6.98. The molecular formula is C20H15F4N3O2.